The number of unbranched alkanes of at least 4 members (excludes halogenated alkanes) is 26. The SMILES string of the molecule is CCCCCCCCCCCCCCCCC(CCCCCCCCCCCCCCCC)(C(=O)OC(=O)[C@H](O)[C@@H](O)[C@H](O)[C@H](O)CO)C(=O)[C@H](O)[C@@H](O)[C@H](O)[C@H](O)CO.[NaH].[NaH]. The molecule has 0 aliphatic carbocycles. The minimum absolute atomic E-state index is 0. The molecular weight excluding hydrogens is 822 g/mol. The van der Waals surface area contributed by atoms with Gasteiger partial charge in [-0.2, -0.15) is 0 Å². The summed E-state index contributed by atoms with van der Waals surface area (Å²) in [5, 5.41) is 101. The van der Waals surface area contributed by atoms with Crippen LogP contribution < -0.4 is 0 Å². The second kappa shape index (κ2) is 42.7. The van der Waals surface area contributed by atoms with Crippen LogP contribution in [0.3, 0.4) is 0 Å². The molecule has 0 aromatic carbocycles. The van der Waals surface area contributed by atoms with Gasteiger partial charge in [0, 0.05) is 0 Å². The first-order chi connectivity index (χ1) is 28.8. The molecule has 0 heterocycles. The Balaban J connectivity index is -0.0000174. The van der Waals surface area contributed by atoms with Crippen LogP contribution in [-0.2, 0) is 19.1 Å². The van der Waals surface area contributed by atoms with E-state index < -0.39 is 85.2 Å². The first kappa shape index (κ1) is 66.7. The van der Waals surface area contributed by atoms with Crippen LogP contribution in [0.5, 0.6) is 0 Å². The van der Waals surface area contributed by atoms with E-state index in [4.69, 9.17) is 9.84 Å². The number of carbonyl (C=O) groups excluding carboxylic acids is 3. The van der Waals surface area contributed by atoms with Gasteiger partial charge in [0.05, 0.1) is 13.2 Å². The van der Waals surface area contributed by atoms with Gasteiger partial charge in [-0.3, -0.25) is 9.59 Å². The molecule has 0 unspecified atom stereocenters. The number of aliphatic hydroxyl groups excluding tert-OH is 10. The first-order valence-electron chi connectivity index (χ1n) is 23.7. The second-order valence-electron chi connectivity index (χ2n) is 17.2. The number of ketones is 1. The topological polar surface area (TPSA) is 263 Å². The summed E-state index contributed by atoms with van der Waals surface area (Å²) in [6.07, 6.45) is 10.6. The monoisotopic (exact) mass is 913 g/mol. The van der Waals surface area contributed by atoms with Crippen molar-refractivity contribution in [2.24, 2.45) is 5.41 Å². The molecule has 0 saturated heterocycles. The van der Waals surface area contributed by atoms with E-state index in [1.807, 2.05) is 0 Å². The molecule has 0 aliphatic heterocycles. The van der Waals surface area contributed by atoms with E-state index in [0.717, 1.165) is 64.2 Å². The number of hydrogen-bond acceptors (Lipinski definition) is 14. The number of rotatable bonds is 42. The van der Waals surface area contributed by atoms with Crippen molar-refractivity contribution in [1.29, 1.82) is 0 Å². The zero-order chi connectivity index (χ0) is 45.2. The third-order valence-corrected chi connectivity index (χ3v) is 12.0. The Morgan fingerprint density at radius 3 is 0.935 bits per heavy atom. The van der Waals surface area contributed by atoms with E-state index in [9.17, 15) is 60.3 Å². The fourth-order valence-corrected chi connectivity index (χ4v) is 7.79. The molecule has 0 aromatic heterocycles. The number of aliphatic hydroxyl groups is 10. The van der Waals surface area contributed by atoms with E-state index in [1.165, 1.54) is 89.9 Å². The zero-order valence-corrected chi connectivity index (χ0v) is 37.4. The van der Waals surface area contributed by atoms with Gasteiger partial charge >= 0.3 is 71.1 Å². The van der Waals surface area contributed by atoms with Crippen LogP contribution in [0.2, 0.25) is 0 Å². The van der Waals surface area contributed by atoms with Gasteiger partial charge in [-0.25, -0.2) is 4.79 Å². The van der Waals surface area contributed by atoms with E-state index in [2.05, 4.69) is 13.8 Å². The van der Waals surface area contributed by atoms with E-state index >= 15 is 0 Å². The van der Waals surface area contributed by atoms with Gasteiger partial charge in [-0.05, 0) is 12.8 Å². The first-order valence-corrected chi connectivity index (χ1v) is 23.7. The molecule has 14 nitrogen and oxygen atoms in total. The van der Waals surface area contributed by atoms with Crippen LogP contribution >= 0.6 is 0 Å². The second-order valence-corrected chi connectivity index (χ2v) is 17.2. The Morgan fingerprint density at radius 2 is 0.661 bits per heavy atom. The van der Waals surface area contributed by atoms with Crippen LogP contribution in [0.15, 0.2) is 0 Å². The Morgan fingerprint density at radius 1 is 0.403 bits per heavy atom. The fourth-order valence-electron chi connectivity index (χ4n) is 7.79. The average molecular weight is 913 g/mol. The fraction of sp³-hybridized carbons (Fsp3) is 0.935. The van der Waals surface area contributed by atoms with Crippen molar-refractivity contribution in [3.63, 3.8) is 0 Å². The summed E-state index contributed by atoms with van der Waals surface area (Å²) in [6, 6.07) is 0. The third kappa shape index (κ3) is 28.6. The van der Waals surface area contributed by atoms with Crippen molar-refractivity contribution in [1.82, 2.24) is 0 Å². The predicted octanol–water partition coefficient (Wildman–Crippen LogP) is 3.93. The van der Waals surface area contributed by atoms with Crippen LogP contribution in [0.25, 0.3) is 0 Å². The molecule has 0 aliphatic rings. The summed E-state index contributed by atoms with van der Waals surface area (Å²) in [7, 11) is 0. The molecule has 62 heavy (non-hydrogen) atoms. The number of Topliss-reactive ketones (excluding diaryl/α,β-unsaturated/α-hetero) is 1. The summed E-state index contributed by atoms with van der Waals surface area (Å²) >= 11 is 0. The Hall–Kier alpha value is 0.410. The molecule has 360 valence electrons. The molecular formula is C46H90Na2O14. The minimum atomic E-state index is -2.59. The normalized spacial score (nSPS) is 15.6. The van der Waals surface area contributed by atoms with Crippen molar-refractivity contribution >= 4 is 76.8 Å². The molecule has 0 aromatic rings. The quantitative estimate of drug-likeness (QED) is 0.0180. The van der Waals surface area contributed by atoms with Gasteiger partial charge in [-0.15, -0.1) is 0 Å². The molecule has 10 N–H and O–H groups in total. The molecule has 0 bridgehead atoms. The Bertz CT molecular complexity index is 1040. The van der Waals surface area contributed by atoms with E-state index in [0.29, 0.717) is 12.8 Å². The van der Waals surface area contributed by atoms with Gasteiger partial charge in [0.15, 0.2) is 11.9 Å². The molecule has 0 fully saturated rings. The summed E-state index contributed by atoms with van der Waals surface area (Å²) < 4.78 is 4.97. The van der Waals surface area contributed by atoms with Crippen LogP contribution in [-0.4, -0.2) is 190 Å². The standard InChI is InChI=1S/C46H88O14.2Na.2H/c1-3-5-7-9-11-13-15-17-19-21-23-25-27-29-31-46(43(57)41(55)39(53)37(51)35(49)33-47,45(59)60-44(58)42(56)40(54)38(52)36(50)34-48)32-30-28-26-24-22-20-18-16-14-12-10-8-6-4-2;;;;/h35-42,47-56H,3-34H2,1-2H3;;;;/t35-,36-,37-,38-,39+,40+,41-,42-;;;;/m1..../s1. The number of hydrogen-bond donors (Lipinski definition) is 10. The number of ether oxygens (including phenoxy) is 1. The van der Waals surface area contributed by atoms with E-state index in [1.54, 1.807) is 0 Å². The van der Waals surface area contributed by atoms with Crippen molar-refractivity contribution in [3.05, 3.63) is 0 Å². The molecule has 16 heteroatoms. The maximum atomic E-state index is 14.2. The van der Waals surface area contributed by atoms with Crippen molar-refractivity contribution in [2.75, 3.05) is 13.2 Å². The summed E-state index contributed by atoms with van der Waals surface area (Å²) in [5.41, 5.74) is -2.28. The third-order valence-electron chi connectivity index (χ3n) is 12.0. The summed E-state index contributed by atoms with van der Waals surface area (Å²) in [4.78, 5) is 41.3. The van der Waals surface area contributed by atoms with Gasteiger partial charge in [-0.1, -0.05) is 194 Å². The van der Waals surface area contributed by atoms with E-state index in [-0.39, 0.29) is 84.8 Å². The Labute approximate surface area is 418 Å². The van der Waals surface area contributed by atoms with Crippen LogP contribution in [0, 0.1) is 5.41 Å². The summed E-state index contributed by atoms with van der Waals surface area (Å²) in [5.74, 6) is -4.53. The number of esters is 2. The van der Waals surface area contributed by atoms with Gasteiger partial charge in [0.1, 0.15) is 48.1 Å². The van der Waals surface area contributed by atoms with Crippen LogP contribution in [0.1, 0.15) is 206 Å². The average Bonchev–Trinajstić information content (AvgIpc) is 3.25. The molecule has 0 saturated carbocycles. The number of carbonyl (C=O) groups is 3. The molecule has 0 amide bonds. The van der Waals surface area contributed by atoms with Gasteiger partial charge in [0.2, 0.25) is 0 Å². The van der Waals surface area contributed by atoms with Crippen molar-refractivity contribution < 1.29 is 70.2 Å². The Kier molecular flexibility index (Phi) is 46.0. The van der Waals surface area contributed by atoms with Gasteiger partial charge in [0.25, 0.3) is 0 Å². The van der Waals surface area contributed by atoms with Crippen molar-refractivity contribution in [2.45, 2.75) is 255 Å². The van der Waals surface area contributed by atoms with Crippen molar-refractivity contribution in [3.8, 4) is 0 Å². The molecule has 8 atom stereocenters. The molecule has 0 spiro atoms. The summed E-state index contributed by atoms with van der Waals surface area (Å²) in [6.45, 7) is 2.38. The van der Waals surface area contributed by atoms with Crippen LogP contribution in [0.4, 0.5) is 0 Å². The molecule has 0 rings (SSSR count). The molecule has 0 radical (unpaired) electrons. The zero-order valence-electron chi connectivity index (χ0n) is 37.4. The maximum absolute atomic E-state index is 14.2. The van der Waals surface area contributed by atoms with Gasteiger partial charge < -0.3 is 55.8 Å². The predicted molar refractivity (Wildman–Crippen MR) is 245 cm³/mol.